The molecule has 0 bridgehead atoms. The van der Waals surface area contributed by atoms with Gasteiger partial charge in [0.2, 0.25) is 5.95 Å². The Hall–Kier alpha value is -2.43. The fourth-order valence-electron chi connectivity index (χ4n) is 3.96. The molecule has 1 aromatic carbocycles. The molecule has 0 unspecified atom stereocenters. The van der Waals surface area contributed by atoms with Gasteiger partial charge in [0.05, 0.1) is 5.56 Å². The first-order valence-corrected chi connectivity index (χ1v) is 9.74. The second-order valence-corrected chi connectivity index (χ2v) is 7.37. The van der Waals surface area contributed by atoms with Crippen molar-refractivity contribution in [2.24, 2.45) is 0 Å². The zero-order valence-electron chi connectivity index (χ0n) is 15.2. The molecule has 5 nitrogen and oxygen atoms in total. The van der Waals surface area contributed by atoms with Gasteiger partial charge in [0, 0.05) is 31.5 Å². The Kier molecular flexibility index (Phi) is 5.14. The molecule has 0 spiro atoms. The van der Waals surface area contributed by atoms with Crippen LogP contribution in [0.2, 0.25) is 0 Å². The maximum Gasteiger partial charge on any atom is 0.254 e. The van der Waals surface area contributed by atoms with E-state index in [1.165, 1.54) is 36.8 Å². The second-order valence-electron chi connectivity index (χ2n) is 7.37. The van der Waals surface area contributed by atoms with Gasteiger partial charge < -0.3 is 10.2 Å². The van der Waals surface area contributed by atoms with Crippen LogP contribution in [0.5, 0.6) is 0 Å². The van der Waals surface area contributed by atoms with E-state index in [-0.39, 0.29) is 5.91 Å². The first-order valence-electron chi connectivity index (χ1n) is 9.74. The first kappa shape index (κ1) is 17.0. The highest BCUT2D eigenvalue weighted by Gasteiger charge is 2.19. The molecule has 0 radical (unpaired) electrons. The number of nitrogens with zero attached hydrogens (tertiary/aromatic N) is 3. The number of carbonyl (C=O) groups is 1. The lowest BCUT2D eigenvalue weighted by Gasteiger charge is -2.28. The van der Waals surface area contributed by atoms with E-state index in [9.17, 15) is 4.79 Å². The Balaban J connectivity index is 1.40. The van der Waals surface area contributed by atoms with Crippen LogP contribution in [0, 0.1) is 0 Å². The lowest BCUT2D eigenvalue weighted by atomic mass is 10.0. The fraction of sp³-hybridized carbons (Fsp3) is 0.476. The van der Waals surface area contributed by atoms with Crippen LogP contribution < -0.4 is 10.2 Å². The molecule has 0 saturated heterocycles. The molecule has 26 heavy (non-hydrogen) atoms. The Morgan fingerprint density at radius 2 is 1.69 bits per heavy atom. The van der Waals surface area contributed by atoms with Crippen molar-refractivity contribution in [2.75, 3.05) is 11.4 Å². The number of hydrogen-bond acceptors (Lipinski definition) is 4. The van der Waals surface area contributed by atoms with Crippen LogP contribution in [0.25, 0.3) is 0 Å². The molecule has 2 aliphatic rings. The Labute approximate surface area is 154 Å². The minimum absolute atomic E-state index is 0.0487. The highest BCUT2D eigenvalue weighted by atomic mass is 16.1. The van der Waals surface area contributed by atoms with Crippen LogP contribution >= 0.6 is 0 Å². The summed E-state index contributed by atoms with van der Waals surface area (Å²) in [7, 11) is 0. The average Bonchev–Trinajstić information content (AvgIpc) is 2.96. The normalized spacial score (nSPS) is 18.1. The van der Waals surface area contributed by atoms with Crippen molar-refractivity contribution in [3.8, 4) is 0 Å². The van der Waals surface area contributed by atoms with Crippen LogP contribution in [-0.4, -0.2) is 28.5 Å². The molecule has 5 heteroatoms. The van der Waals surface area contributed by atoms with Gasteiger partial charge in [-0.15, -0.1) is 0 Å². The van der Waals surface area contributed by atoms with Gasteiger partial charge in [0.15, 0.2) is 0 Å². The van der Waals surface area contributed by atoms with Gasteiger partial charge in [-0.2, -0.15) is 0 Å². The van der Waals surface area contributed by atoms with E-state index in [2.05, 4.69) is 44.5 Å². The number of benzene rings is 1. The van der Waals surface area contributed by atoms with Crippen molar-refractivity contribution in [3.63, 3.8) is 0 Å². The molecule has 1 aliphatic heterocycles. The van der Waals surface area contributed by atoms with E-state index < -0.39 is 0 Å². The van der Waals surface area contributed by atoms with Gasteiger partial charge in [0.1, 0.15) is 0 Å². The number of amides is 1. The van der Waals surface area contributed by atoms with E-state index in [1.807, 2.05) is 0 Å². The molecular weight excluding hydrogens is 324 g/mol. The van der Waals surface area contributed by atoms with E-state index >= 15 is 0 Å². The molecule has 1 aliphatic carbocycles. The molecule has 0 atom stereocenters. The third kappa shape index (κ3) is 3.87. The molecule has 1 saturated carbocycles. The summed E-state index contributed by atoms with van der Waals surface area (Å²) >= 11 is 0. The van der Waals surface area contributed by atoms with E-state index in [0.29, 0.717) is 17.6 Å². The summed E-state index contributed by atoms with van der Waals surface area (Å²) in [5, 5.41) is 3.15. The highest BCUT2D eigenvalue weighted by molar-refractivity contribution is 5.93. The lowest BCUT2D eigenvalue weighted by molar-refractivity contribution is 0.0932. The van der Waals surface area contributed by atoms with Crippen LogP contribution in [0.3, 0.4) is 0 Å². The molecule has 1 amide bonds. The Morgan fingerprint density at radius 1 is 1.00 bits per heavy atom. The summed E-state index contributed by atoms with van der Waals surface area (Å²) in [4.78, 5) is 23.6. The molecule has 1 N–H and O–H groups in total. The van der Waals surface area contributed by atoms with Crippen molar-refractivity contribution in [3.05, 3.63) is 53.3 Å². The first-order chi connectivity index (χ1) is 12.8. The molecule has 2 aromatic rings. The molecule has 4 rings (SSSR count). The summed E-state index contributed by atoms with van der Waals surface area (Å²) in [6.07, 6.45) is 11.5. The summed E-state index contributed by atoms with van der Waals surface area (Å²) in [5.74, 6) is 0.651. The van der Waals surface area contributed by atoms with Gasteiger partial charge in [0.25, 0.3) is 5.91 Å². The highest BCUT2D eigenvalue weighted by Crippen LogP contribution is 2.22. The topological polar surface area (TPSA) is 58.1 Å². The third-order valence-corrected chi connectivity index (χ3v) is 5.50. The fourth-order valence-corrected chi connectivity index (χ4v) is 3.96. The quantitative estimate of drug-likeness (QED) is 0.861. The van der Waals surface area contributed by atoms with Crippen molar-refractivity contribution in [2.45, 2.75) is 57.5 Å². The summed E-state index contributed by atoms with van der Waals surface area (Å²) in [6, 6.07) is 8.81. The zero-order chi connectivity index (χ0) is 17.8. The van der Waals surface area contributed by atoms with Gasteiger partial charge in [-0.05, 0) is 30.4 Å². The van der Waals surface area contributed by atoms with Crippen LogP contribution in [0.4, 0.5) is 5.95 Å². The number of hydrogen-bond donors (Lipinski definition) is 1. The van der Waals surface area contributed by atoms with Crippen molar-refractivity contribution >= 4 is 11.9 Å². The molecule has 1 aromatic heterocycles. The molecule has 2 heterocycles. The second kappa shape index (κ2) is 7.85. The van der Waals surface area contributed by atoms with Gasteiger partial charge in [-0.25, -0.2) is 9.97 Å². The maximum atomic E-state index is 12.5. The number of carbonyl (C=O) groups excluding carboxylic acids is 1. The van der Waals surface area contributed by atoms with Crippen molar-refractivity contribution < 1.29 is 4.79 Å². The number of rotatable bonds is 3. The van der Waals surface area contributed by atoms with Crippen LogP contribution in [0.15, 0.2) is 36.7 Å². The Bertz CT molecular complexity index is 751. The van der Waals surface area contributed by atoms with E-state index in [4.69, 9.17) is 0 Å². The van der Waals surface area contributed by atoms with E-state index in [1.54, 1.807) is 12.4 Å². The minimum atomic E-state index is -0.0487. The van der Waals surface area contributed by atoms with Crippen LogP contribution in [-0.2, 0) is 13.0 Å². The predicted molar refractivity (Wildman–Crippen MR) is 102 cm³/mol. The average molecular weight is 350 g/mol. The number of aromatic nitrogens is 2. The standard InChI is InChI=1S/C21H26N4O/c26-20(24-19-9-3-1-2-4-10-19)18-13-22-21(23-14-18)25-12-11-16-7-5-6-8-17(16)15-25/h5-8,13-14,19H,1-4,9-12,15H2,(H,24,26). The maximum absolute atomic E-state index is 12.5. The summed E-state index contributed by atoms with van der Waals surface area (Å²) in [6.45, 7) is 1.73. The third-order valence-electron chi connectivity index (χ3n) is 5.50. The predicted octanol–water partition coefficient (Wildman–Crippen LogP) is 3.49. The monoisotopic (exact) mass is 350 g/mol. The number of anilines is 1. The van der Waals surface area contributed by atoms with Crippen LogP contribution in [0.1, 0.15) is 60.0 Å². The lowest BCUT2D eigenvalue weighted by Crippen LogP contribution is -2.35. The molecule has 1 fully saturated rings. The van der Waals surface area contributed by atoms with Gasteiger partial charge >= 0.3 is 0 Å². The molecule has 136 valence electrons. The SMILES string of the molecule is O=C(NC1CCCCCC1)c1cnc(N2CCc3ccccc3C2)nc1. The molecular formula is C21H26N4O. The van der Waals surface area contributed by atoms with Crippen molar-refractivity contribution in [1.29, 1.82) is 0 Å². The van der Waals surface area contributed by atoms with Gasteiger partial charge in [-0.1, -0.05) is 49.9 Å². The number of nitrogens with one attached hydrogen (secondary N) is 1. The van der Waals surface area contributed by atoms with Gasteiger partial charge in [-0.3, -0.25) is 4.79 Å². The summed E-state index contributed by atoms with van der Waals surface area (Å²) < 4.78 is 0. The number of fused-ring (bicyclic) bond motifs is 1. The minimum Gasteiger partial charge on any atom is -0.349 e. The Morgan fingerprint density at radius 3 is 2.42 bits per heavy atom. The largest absolute Gasteiger partial charge is 0.349 e. The zero-order valence-corrected chi connectivity index (χ0v) is 15.2. The smallest absolute Gasteiger partial charge is 0.254 e. The summed E-state index contributed by atoms with van der Waals surface area (Å²) in [5.41, 5.74) is 3.29. The van der Waals surface area contributed by atoms with E-state index in [0.717, 1.165) is 32.4 Å². The van der Waals surface area contributed by atoms with Crippen molar-refractivity contribution in [1.82, 2.24) is 15.3 Å².